The Labute approximate surface area is 182 Å². The maximum absolute atomic E-state index is 12.7. The molecule has 2 aliphatic rings. The van der Waals surface area contributed by atoms with E-state index in [9.17, 15) is 14.7 Å². The average molecular weight is 429 g/mol. The number of rotatable bonds is 5. The molecule has 0 spiro atoms. The van der Waals surface area contributed by atoms with Gasteiger partial charge >= 0.3 is 6.09 Å². The molecule has 2 aromatic heterocycles. The molecule has 1 saturated heterocycles. The summed E-state index contributed by atoms with van der Waals surface area (Å²) in [5.74, 6) is 0.287. The van der Waals surface area contributed by atoms with Gasteiger partial charge in [-0.25, -0.2) is 9.78 Å². The predicted octanol–water partition coefficient (Wildman–Crippen LogP) is 3.01. The Kier molecular flexibility index (Phi) is 5.92. The number of carbonyl (C=O) groups excluding carboxylic acids is 2. The Morgan fingerprint density at radius 2 is 2.10 bits per heavy atom. The van der Waals surface area contributed by atoms with Crippen molar-refractivity contribution in [1.29, 1.82) is 0 Å². The van der Waals surface area contributed by atoms with Gasteiger partial charge in [-0.3, -0.25) is 4.79 Å². The van der Waals surface area contributed by atoms with Crippen molar-refractivity contribution in [3.05, 3.63) is 35.9 Å². The smallest absolute Gasteiger partial charge is 0.408 e. The summed E-state index contributed by atoms with van der Waals surface area (Å²) < 4.78 is 7.14. The third kappa shape index (κ3) is 5.01. The number of nitrogens with one attached hydrogen (secondary N) is 1. The Balaban J connectivity index is 1.44. The van der Waals surface area contributed by atoms with E-state index in [-0.39, 0.29) is 18.4 Å². The number of amides is 2. The van der Waals surface area contributed by atoms with E-state index >= 15 is 0 Å². The highest BCUT2D eigenvalue weighted by molar-refractivity contribution is 5.82. The summed E-state index contributed by atoms with van der Waals surface area (Å²) >= 11 is 0. The molecule has 1 aliphatic carbocycles. The third-order valence-corrected chi connectivity index (χ3v) is 6.02. The first-order valence-corrected chi connectivity index (χ1v) is 11.1. The van der Waals surface area contributed by atoms with E-state index in [1.807, 2.05) is 10.6 Å². The molecule has 4 rings (SSSR count). The summed E-state index contributed by atoms with van der Waals surface area (Å²) in [4.78, 5) is 30.5. The van der Waals surface area contributed by atoms with Crippen LogP contribution in [0.3, 0.4) is 0 Å². The minimum Gasteiger partial charge on any atom is -0.444 e. The molecule has 8 heteroatoms. The van der Waals surface area contributed by atoms with Crippen molar-refractivity contribution in [3.8, 4) is 0 Å². The van der Waals surface area contributed by atoms with Crippen LogP contribution >= 0.6 is 0 Å². The lowest BCUT2D eigenvalue weighted by atomic mass is 9.85. The predicted molar refractivity (Wildman–Crippen MR) is 116 cm³/mol. The van der Waals surface area contributed by atoms with Crippen molar-refractivity contribution >= 4 is 17.5 Å². The summed E-state index contributed by atoms with van der Waals surface area (Å²) in [5.41, 5.74) is 2.48. The fraction of sp³-hybridized carbons (Fsp3) is 0.609. The van der Waals surface area contributed by atoms with Gasteiger partial charge in [0.15, 0.2) is 0 Å². The number of carbonyl (C=O) groups is 2. The standard InChI is InChI=1S/C23H32N4O4/c1-23(2,3)31-22(30)25-12-19(28)26-9-4-5-16(13-26)21(29)20-17(15-6-7-15)8-10-27-14-24-11-18(20)27/h8,10-11,14-16,21,29H,4-7,9,12-13H2,1-3H3,(H,25,30). The first-order chi connectivity index (χ1) is 14.7. The number of aromatic nitrogens is 2. The average Bonchev–Trinajstić information content (AvgIpc) is 3.46. The molecule has 0 bridgehead atoms. The lowest BCUT2D eigenvalue weighted by molar-refractivity contribution is -0.133. The molecule has 2 N–H and O–H groups in total. The van der Waals surface area contributed by atoms with E-state index in [4.69, 9.17) is 4.74 Å². The summed E-state index contributed by atoms with van der Waals surface area (Å²) in [6.07, 6.45) is 8.27. The van der Waals surface area contributed by atoms with Gasteiger partial charge in [-0.1, -0.05) is 0 Å². The van der Waals surface area contributed by atoms with E-state index in [0.717, 1.165) is 36.8 Å². The van der Waals surface area contributed by atoms with Crippen molar-refractivity contribution in [2.45, 2.75) is 64.1 Å². The van der Waals surface area contributed by atoms with E-state index < -0.39 is 17.8 Å². The molecule has 1 aliphatic heterocycles. The summed E-state index contributed by atoms with van der Waals surface area (Å²) in [7, 11) is 0. The Bertz CT molecular complexity index is 960. The topological polar surface area (TPSA) is 96.2 Å². The number of imidazole rings is 1. The van der Waals surface area contributed by atoms with Gasteiger partial charge in [0.25, 0.3) is 0 Å². The number of ether oxygens (including phenoxy) is 1. The Morgan fingerprint density at radius 3 is 2.81 bits per heavy atom. The molecular formula is C23H32N4O4. The van der Waals surface area contributed by atoms with E-state index in [2.05, 4.69) is 16.4 Å². The van der Waals surface area contributed by atoms with Gasteiger partial charge in [0.05, 0.1) is 24.1 Å². The largest absolute Gasteiger partial charge is 0.444 e. The van der Waals surface area contributed by atoms with Gasteiger partial charge in [-0.15, -0.1) is 0 Å². The van der Waals surface area contributed by atoms with E-state index in [1.165, 1.54) is 5.56 Å². The Hall–Kier alpha value is -2.61. The van der Waals surface area contributed by atoms with Gasteiger partial charge in [0.2, 0.25) is 5.91 Å². The Morgan fingerprint density at radius 1 is 1.32 bits per heavy atom. The molecule has 2 aromatic rings. The highest BCUT2D eigenvalue weighted by Gasteiger charge is 2.35. The number of aliphatic hydroxyl groups is 1. The fourth-order valence-corrected chi connectivity index (χ4v) is 4.41. The molecule has 0 aromatic carbocycles. The minimum atomic E-state index is -0.662. The van der Waals surface area contributed by atoms with Crippen LogP contribution in [0.4, 0.5) is 4.79 Å². The molecule has 168 valence electrons. The van der Waals surface area contributed by atoms with Gasteiger partial charge < -0.3 is 24.5 Å². The summed E-state index contributed by atoms with van der Waals surface area (Å²) in [5, 5.41) is 13.9. The summed E-state index contributed by atoms with van der Waals surface area (Å²) in [6.45, 7) is 6.33. The van der Waals surface area contributed by atoms with Crippen LogP contribution in [0.25, 0.3) is 5.52 Å². The van der Waals surface area contributed by atoms with Crippen molar-refractivity contribution in [1.82, 2.24) is 19.6 Å². The number of alkyl carbamates (subject to hydrolysis) is 1. The van der Waals surface area contributed by atoms with Gasteiger partial charge in [0.1, 0.15) is 12.1 Å². The van der Waals surface area contributed by atoms with Crippen LogP contribution in [0.15, 0.2) is 24.8 Å². The highest BCUT2D eigenvalue weighted by Crippen LogP contribution is 2.45. The van der Waals surface area contributed by atoms with Crippen molar-refractivity contribution < 1.29 is 19.4 Å². The molecule has 2 atom stereocenters. The van der Waals surface area contributed by atoms with Crippen LogP contribution in [0.2, 0.25) is 0 Å². The first-order valence-electron chi connectivity index (χ1n) is 11.1. The van der Waals surface area contributed by atoms with Crippen molar-refractivity contribution in [3.63, 3.8) is 0 Å². The number of hydrogen-bond acceptors (Lipinski definition) is 5. The highest BCUT2D eigenvalue weighted by atomic mass is 16.6. The van der Waals surface area contributed by atoms with E-state index in [0.29, 0.717) is 19.0 Å². The van der Waals surface area contributed by atoms with Crippen molar-refractivity contribution in [2.24, 2.45) is 5.92 Å². The second-order valence-corrected chi connectivity index (χ2v) is 9.69. The molecule has 31 heavy (non-hydrogen) atoms. The molecular weight excluding hydrogens is 396 g/mol. The fourth-order valence-electron chi connectivity index (χ4n) is 4.41. The number of fused-ring (bicyclic) bond motifs is 1. The molecule has 1 saturated carbocycles. The zero-order chi connectivity index (χ0) is 22.2. The second kappa shape index (κ2) is 8.49. The van der Waals surface area contributed by atoms with Crippen LogP contribution in [0.5, 0.6) is 0 Å². The number of hydrogen-bond donors (Lipinski definition) is 2. The normalized spacial score (nSPS) is 20.5. The molecule has 3 heterocycles. The molecule has 0 radical (unpaired) electrons. The zero-order valence-corrected chi connectivity index (χ0v) is 18.5. The lowest BCUT2D eigenvalue weighted by Gasteiger charge is -2.36. The van der Waals surface area contributed by atoms with Crippen LogP contribution in [0.1, 0.15) is 69.6 Å². The first kappa shape index (κ1) is 21.6. The third-order valence-electron chi connectivity index (χ3n) is 6.02. The van der Waals surface area contributed by atoms with Crippen molar-refractivity contribution in [2.75, 3.05) is 19.6 Å². The maximum atomic E-state index is 12.7. The summed E-state index contributed by atoms with van der Waals surface area (Å²) in [6, 6.07) is 2.10. The number of pyridine rings is 1. The molecule has 2 amide bonds. The zero-order valence-electron chi connectivity index (χ0n) is 18.5. The second-order valence-electron chi connectivity index (χ2n) is 9.69. The lowest BCUT2D eigenvalue weighted by Crippen LogP contribution is -2.46. The number of piperidine rings is 1. The van der Waals surface area contributed by atoms with Gasteiger partial charge in [-0.05, 0) is 64.0 Å². The van der Waals surface area contributed by atoms with Crippen LogP contribution in [-0.4, -0.2) is 56.6 Å². The molecule has 2 fully saturated rings. The minimum absolute atomic E-state index is 0.0576. The van der Waals surface area contributed by atoms with Gasteiger partial charge in [-0.2, -0.15) is 0 Å². The maximum Gasteiger partial charge on any atom is 0.408 e. The number of nitrogens with zero attached hydrogens (tertiary/aromatic N) is 3. The monoisotopic (exact) mass is 428 g/mol. The quantitative estimate of drug-likeness (QED) is 0.763. The number of aliphatic hydroxyl groups excluding tert-OH is 1. The molecule has 8 nitrogen and oxygen atoms in total. The van der Waals surface area contributed by atoms with Crippen LogP contribution in [-0.2, 0) is 9.53 Å². The van der Waals surface area contributed by atoms with Crippen LogP contribution < -0.4 is 5.32 Å². The van der Waals surface area contributed by atoms with Crippen LogP contribution in [0, 0.1) is 5.92 Å². The molecule has 2 unspecified atom stereocenters. The number of likely N-dealkylation sites (tertiary alicyclic amines) is 1. The SMILES string of the molecule is CC(C)(C)OC(=O)NCC(=O)N1CCCC(C(O)c2c(C3CC3)ccn3cncc23)C1. The van der Waals surface area contributed by atoms with Gasteiger partial charge in [0, 0.05) is 30.8 Å². The van der Waals surface area contributed by atoms with E-state index in [1.54, 1.807) is 38.2 Å².